The lowest BCUT2D eigenvalue weighted by molar-refractivity contribution is 0.0680. The van der Waals surface area contributed by atoms with Crippen molar-refractivity contribution in [3.63, 3.8) is 0 Å². The third kappa shape index (κ3) is 1.47. The van der Waals surface area contributed by atoms with Crippen molar-refractivity contribution >= 4 is 12.0 Å². The summed E-state index contributed by atoms with van der Waals surface area (Å²) >= 11 is 0. The number of anilines is 1. The number of carbonyl (C=O) groups is 1. The van der Waals surface area contributed by atoms with Gasteiger partial charge in [-0.3, -0.25) is 0 Å². The molecule has 1 fully saturated rings. The summed E-state index contributed by atoms with van der Waals surface area (Å²) < 4.78 is 4.79. The van der Waals surface area contributed by atoms with Crippen LogP contribution in [-0.4, -0.2) is 34.3 Å². The summed E-state index contributed by atoms with van der Waals surface area (Å²) in [5, 5.41) is 11.9. The van der Waals surface area contributed by atoms with E-state index < -0.39 is 5.97 Å². The van der Waals surface area contributed by atoms with Crippen LogP contribution in [0.4, 0.5) is 6.01 Å². The van der Waals surface area contributed by atoms with E-state index in [1.807, 2.05) is 4.90 Å². The molecule has 13 heavy (non-hydrogen) atoms. The fourth-order valence-corrected chi connectivity index (χ4v) is 1.34. The van der Waals surface area contributed by atoms with Crippen molar-refractivity contribution in [3.8, 4) is 0 Å². The van der Waals surface area contributed by atoms with Crippen molar-refractivity contribution < 1.29 is 14.4 Å². The normalized spacial score (nSPS) is 16.5. The molecule has 0 aliphatic carbocycles. The summed E-state index contributed by atoms with van der Waals surface area (Å²) in [4.78, 5) is 16.1. The molecule has 0 aromatic carbocycles. The van der Waals surface area contributed by atoms with Gasteiger partial charge in [0.05, 0.1) is 0 Å². The van der Waals surface area contributed by atoms with E-state index in [-0.39, 0.29) is 5.82 Å². The molecule has 0 atom stereocenters. The zero-order valence-corrected chi connectivity index (χ0v) is 6.93. The van der Waals surface area contributed by atoms with Gasteiger partial charge < -0.3 is 14.5 Å². The Kier molecular flexibility index (Phi) is 1.88. The molecule has 2 rings (SSSR count). The van der Waals surface area contributed by atoms with Crippen LogP contribution < -0.4 is 4.90 Å². The third-order valence-electron chi connectivity index (χ3n) is 1.98. The van der Waals surface area contributed by atoms with Crippen molar-refractivity contribution in [3.05, 3.63) is 5.82 Å². The first kappa shape index (κ1) is 8.03. The van der Waals surface area contributed by atoms with Gasteiger partial charge in [-0.15, -0.1) is 0 Å². The highest BCUT2D eigenvalue weighted by atomic mass is 16.5. The third-order valence-corrected chi connectivity index (χ3v) is 1.98. The Hall–Kier alpha value is -1.59. The maximum absolute atomic E-state index is 10.4. The molecular formula is C7H9N3O3. The van der Waals surface area contributed by atoms with Gasteiger partial charge in [0.1, 0.15) is 0 Å². The lowest BCUT2D eigenvalue weighted by atomic mass is 10.4. The molecule has 6 heteroatoms. The second-order valence-electron chi connectivity index (χ2n) is 2.90. The van der Waals surface area contributed by atoms with Gasteiger partial charge in [0.25, 0.3) is 5.82 Å². The molecule has 2 heterocycles. The number of aromatic carboxylic acids is 1. The Morgan fingerprint density at radius 2 is 2.15 bits per heavy atom. The van der Waals surface area contributed by atoms with E-state index >= 15 is 0 Å². The van der Waals surface area contributed by atoms with Crippen LogP contribution in [0.5, 0.6) is 0 Å². The van der Waals surface area contributed by atoms with Gasteiger partial charge in [0.15, 0.2) is 0 Å². The van der Waals surface area contributed by atoms with Gasteiger partial charge in [-0.25, -0.2) is 4.79 Å². The first-order valence-electron chi connectivity index (χ1n) is 4.09. The first-order valence-corrected chi connectivity index (χ1v) is 4.09. The number of hydrogen-bond acceptors (Lipinski definition) is 5. The molecule has 1 aliphatic rings. The fraction of sp³-hybridized carbons (Fsp3) is 0.571. The molecule has 0 radical (unpaired) electrons. The van der Waals surface area contributed by atoms with Crippen LogP contribution in [0.1, 0.15) is 23.5 Å². The van der Waals surface area contributed by atoms with Crippen molar-refractivity contribution in [1.29, 1.82) is 0 Å². The molecule has 1 N–H and O–H groups in total. The lowest BCUT2D eigenvalue weighted by Crippen LogP contribution is -2.18. The fourth-order valence-electron chi connectivity index (χ4n) is 1.34. The van der Waals surface area contributed by atoms with Crippen LogP contribution in [-0.2, 0) is 0 Å². The van der Waals surface area contributed by atoms with Crippen LogP contribution in [0, 0.1) is 0 Å². The van der Waals surface area contributed by atoms with E-state index in [0.717, 1.165) is 25.9 Å². The number of hydrogen-bond donors (Lipinski definition) is 1. The van der Waals surface area contributed by atoms with Crippen LogP contribution >= 0.6 is 0 Å². The minimum absolute atomic E-state index is 0.276. The summed E-state index contributed by atoms with van der Waals surface area (Å²) in [6.07, 6.45) is 2.18. The Bertz CT molecular complexity index is 317. The van der Waals surface area contributed by atoms with E-state index in [9.17, 15) is 4.79 Å². The van der Waals surface area contributed by atoms with E-state index in [0.29, 0.717) is 6.01 Å². The maximum Gasteiger partial charge on any atom is 0.377 e. The van der Waals surface area contributed by atoms with Gasteiger partial charge >= 0.3 is 12.0 Å². The molecule has 0 bridgehead atoms. The molecule has 0 spiro atoms. The minimum Gasteiger partial charge on any atom is -0.475 e. The molecule has 1 aliphatic heterocycles. The summed E-state index contributed by atoms with van der Waals surface area (Å²) in [6.45, 7) is 1.72. The highest BCUT2D eigenvalue weighted by Gasteiger charge is 2.20. The number of rotatable bonds is 2. The molecular weight excluding hydrogens is 174 g/mol. The largest absolute Gasteiger partial charge is 0.475 e. The maximum atomic E-state index is 10.4. The molecule has 6 nitrogen and oxygen atoms in total. The highest BCUT2D eigenvalue weighted by molar-refractivity contribution is 5.83. The van der Waals surface area contributed by atoms with Crippen molar-refractivity contribution in [2.24, 2.45) is 0 Å². The van der Waals surface area contributed by atoms with E-state index in [4.69, 9.17) is 9.63 Å². The number of aromatic nitrogens is 2. The Balaban J connectivity index is 2.16. The molecule has 0 unspecified atom stereocenters. The smallest absolute Gasteiger partial charge is 0.377 e. The van der Waals surface area contributed by atoms with Gasteiger partial charge in [-0.2, -0.15) is 4.98 Å². The van der Waals surface area contributed by atoms with Crippen molar-refractivity contribution in [2.75, 3.05) is 18.0 Å². The molecule has 1 aromatic heterocycles. The lowest BCUT2D eigenvalue weighted by Gasteiger charge is -2.08. The summed E-state index contributed by atoms with van der Waals surface area (Å²) in [5.74, 6) is -1.43. The Morgan fingerprint density at radius 3 is 2.69 bits per heavy atom. The van der Waals surface area contributed by atoms with Crippen LogP contribution in [0.2, 0.25) is 0 Å². The molecule has 1 saturated heterocycles. The number of carboxylic acids is 1. The number of nitrogens with zero attached hydrogens (tertiary/aromatic N) is 3. The summed E-state index contributed by atoms with van der Waals surface area (Å²) in [6, 6.07) is 0.315. The quantitative estimate of drug-likeness (QED) is 0.713. The first-order chi connectivity index (χ1) is 6.27. The SMILES string of the molecule is O=C(O)c1noc(N2CCCC2)n1. The molecule has 1 aromatic rings. The van der Waals surface area contributed by atoms with E-state index in [2.05, 4.69) is 10.1 Å². The molecule has 0 amide bonds. The summed E-state index contributed by atoms with van der Waals surface area (Å²) in [5.41, 5.74) is 0. The number of carboxylic acid groups (broad SMARTS) is 1. The van der Waals surface area contributed by atoms with Gasteiger partial charge in [-0.1, -0.05) is 0 Å². The summed E-state index contributed by atoms with van der Waals surface area (Å²) in [7, 11) is 0. The van der Waals surface area contributed by atoms with E-state index in [1.54, 1.807) is 0 Å². The van der Waals surface area contributed by atoms with Gasteiger partial charge in [0.2, 0.25) is 0 Å². The van der Waals surface area contributed by atoms with Gasteiger partial charge in [-0.05, 0) is 18.0 Å². The van der Waals surface area contributed by atoms with Crippen LogP contribution in [0.15, 0.2) is 4.52 Å². The van der Waals surface area contributed by atoms with Crippen LogP contribution in [0.3, 0.4) is 0 Å². The minimum atomic E-state index is -1.16. The Morgan fingerprint density at radius 1 is 1.46 bits per heavy atom. The monoisotopic (exact) mass is 183 g/mol. The zero-order chi connectivity index (χ0) is 9.26. The second kappa shape index (κ2) is 3.04. The van der Waals surface area contributed by atoms with Crippen molar-refractivity contribution in [2.45, 2.75) is 12.8 Å². The second-order valence-corrected chi connectivity index (χ2v) is 2.90. The van der Waals surface area contributed by atoms with Crippen LogP contribution in [0.25, 0.3) is 0 Å². The van der Waals surface area contributed by atoms with Gasteiger partial charge in [0, 0.05) is 13.1 Å². The average Bonchev–Trinajstić information content (AvgIpc) is 2.75. The standard InChI is InChI=1S/C7H9N3O3/c11-6(12)5-8-7(13-9-5)10-3-1-2-4-10/h1-4H2,(H,11,12). The average molecular weight is 183 g/mol. The highest BCUT2D eigenvalue weighted by Crippen LogP contribution is 2.17. The Labute approximate surface area is 74.2 Å². The molecule has 0 saturated carbocycles. The predicted molar refractivity (Wildman–Crippen MR) is 42.7 cm³/mol. The van der Waals surface area contributed by atoms with Crippen molar-refractivity contribution in [1.82, 2.24) is 10.1 Å². The zero-order valence-electron chi connectivity index (χ0n) is 6.93. The molecule has 70 valence electrons. The van der Waals surface area contributed by atoms with E-state index in [1.165, 1.54) is 0 Å². The topological polar surface area (TPSA) is 79.5 Å². The predicted octanol–water partition coefficient (Wildman–Crippen LogP) is 0.368.